The number of hydrogen-bond donors (Lipinski definition) is 1. The van der Waals surface area contributed by atoms with E-state index >= 15 is 0 Å². The molecule has 1 aromatic rings. The Morgan fingerprint density at radius 2 is 2.05 bits per heavy atom. The fourth-order valence-corrected chi connectivity index (χ4v) is 1.91. The quantitative estimate of drug-likeness (QED) is 0.734. The van der Waals surface area contributed by atoms with Crippen molar-refractivity contribution < 1.29 is 14.3 Å². The summed E-state index contributed by atoms with van der Waals surface area (Å²) in [5.41, 5.74) is 1.96. The molecule has 0 aliphatic rings. The Labute approximate surface area is 115 Å². The molecule has 0 aliphatic heterocycles. The molecule has 0 saturated heterocycles. The van der Waals surface area contributed by atoms with E-state index < -0.39 is 0 Å². The van der Waals surface area contributed by atoms with Crippen LogP contribution in [-0.2, 0) is 20.9 Å². The van der Waals surface area contributed by atoms with Gasteiger partial charge in [-0.2, -0.15) is 0 Å². The minimum absolute atomic E-state index is 0.198. The van der Waals surface area contributed by atoms with Gasteiger partial charge in [0.15, 0.2) is 0 Å². The number of anilines is 1. The monoisotopic (exact) mass is 265 g/mol. The highest BCUT2D eigenvalue weighted by Crippen LogP contribution is 2.18. The van der Waals surface area contributed by atoms with Crippen molar-refractivity contribution in [3.8, 4) is 0 Å². The second-order valence-electron chi connectivity index (χ2n) is 4.33. The van der Waals surface area contributed by atoms with Crippen LogP contribution >= 0.6 is 0 Å². The number of esters is 1. The maximum Gasteiger partial charge on any atom is 0.328 e. The Bertz CT molecular complexity index is 393. The molecule has 0 fully saturated rings. The zero-order valence-corrected chi connectivity index (χ0v) is 11.9. The van der Waals surface area contributed by atoms with E-state index in [4.69, 9.17) is 9.47 Å². The summed E-state index contributed by atoms with van der Waals surface area (Å²) in [6.07, 6.45) is 1.67. The molecule has 106 valence electrons. The summed E-state index contributed by atoms with van der Waals surface area (Å²) in [5.74, 6) is -0.198. The molecule has 0 aliphatic carbocycles. The van der Waals surface area contributed by atoms with Crippen molar-refractivity contribution in [2.24, 2.45) is 0 Å². The van der Waals surface area contributed by atoms with Crippen LogP contribution in [0.2, 0.25) is 0 Å². The zero-order valence-electron chi connectivity index (χ0n) is 11.9. The number of benzene rings is 1. The van der Waals surface area contributed by atoms with Crippen LogP contribution in [-0.4, -0.2) is 25.7 Å². The fourth-order valence-electron chi connectivity index (χ4n) is 1.91. The first-order valence-corrected chi connectivity index (χ1v) is 6.72. The van der Waals surface area contributed by atoms with Crippen molar-refractivity contribution in [3.63, 3.8) is 0 Å². The van der Waals surface area contributed by atoms with Gasteiger partial charge in [0.2, 0.25) is 0 Å². The van der Waals surface area contributed by atoms with E-state index in [1.54, 1.807) is 7.11 Å². The Morgan fingerprint density at radius 3 is 2.68 bits per heavy atom. The number of para-hydroxylation sites is 1. The van der Waals surface area contributed by atoms with Gasteiger partial charge in [-0.25, -0.2) is 4.79 Å². The molecule has 0 radical (unpaired) electrons. The minimum Gasteiger partial charge on any atom is -0.464 e. The number of hydrogen-bond acceptors (Lipinski definition) is 4. The highest BCUT2D eigenvalue weighted by atomic mass is 16.5. The van der Waals surface area contributed by atoms with Crippen LogP contribution in [0.4, 0.5) is 5.69 Å². The summed E-state index contributed by atoms with van der Waals surface area (Å²) in [6, 6.07) is 7.54. The maximum atomic E-state index is 11.9. The Morgan fingerprint density at radius 1 is 1.32 bits per heavy atom. The van der Waals surface area contributed by atoms with E-state index in [0.717, 1.165) is 24.1 Å². The van der Waals surface area contributed by atoms with Crippen molar-refractivity contribution >= 4 is 11.7 Å². The molecule has 0 amide bonds. The van der Waals surface area contributed by atoms with Gasteiger partial charge in [0.05, 0.1) is 13.2 Å². The van der Waals surface area contributed by atoms with Crippen LogP contribution in [0.25, 0.3) is 0 Å². The van der Waals surface area contributed by atoms with Crippen LogP contribution in [0.3, 0.4) is 0 Å². The molecule has 1 rings (SSSR count). The van der Waals surface area contributed by atoms with Gasteiger partial charge in [0.25, 0.3) is 0 Å². The third-order valence-electron chi connectivity index (χ3n) is 2.80. The molecule has 19 heavy (non-hydrogen) atoms. The van der Waals surface area contributed by atoms with Crippen molar-refractivity contribution in [2.45, 2.75) is 39.3 Å². The molecule has 1 atom stereocenters. The van der Waals surface area contributed by atoms with Crippen LogP contribution in [0.1, 0.15) is 32.3 Å². The van der Waals surface area contributed by atoms with Gasteiger partial charge < -0.3 is 14.8 Å². The lowest BCUT2D eigenvalue weighted by molar-refractivity contribution is -0.144. The van der Waals surface area contributed by atoms with Gasteiger partial charge in [0.1, 0.15) is 6.04 Å². The summed E-state index contributed by atoms with van der Waals surface area (Å²) in [6.45, 7) is 4.79. The predicted molar refractivity (Wildman–Crippen MR) is 76.1 cm³/mol. The molecule has 4 heteroatoms. The largest absolute Gasteiger partial charge is 0.464 e. The average Bonchev–Trinajstić information content (AvgIpc) is 2.41. The number of carbonyl (C=O) groups excluding carboxylic acids is 1. The fraction of sp³-hybridized carbons (Fsp3) is 0.533. The summed E-state index contributed by atoms with van der Waals surface area (Å²) in [5, 5.41) is 3.26. The summed E-state index contributed by atoms with van der Waals surface area (Å²) < 4.78 is 10.3. The molecule has 0 aromatic heterocycles. The number of ether oxygens (including phenoxy) is 2. The van der Waals surface area contributed by atoms with Crippen molar-refractivity contribution in [3.05, 3.63) is 29.8 Å². The molecule has 0 spiro atoms. The molecule has 0 bridgehead atoms. The topological polar surface area (TPSA) is 47.6 Å². The van der Waals surface area contributed by atoms with E-state index in [9.17, 15) is 4.79 Å². The number of carbonyl (C=O) groups is 1. The van der Waals surface area contributed by atoms with E-state index in [1.807, 2.05) is 31.2 Å². The number of methoxy groups -OCH3 is 1. The third kappa shape index (κ3) is 4.91. The molecule has 0 heterocycles. The standard InChI is InChI=1S/C15H23NO3/c1-4-8-14(15(17)19-5-2)16-13-10-7-6-9-12(13)11-18-3/h6-7,9-10,14,16H,4-5,8,11H2,1-3H3. The van der Waals surface area contributed by atoms with Gasteiger partial charge in [0, 0.05) is 18.4 Å². The highest BCUT2D eigenvalue weighted by Gasteiger charge is 2.19. The second kappa shape index (κ2) is 8.53. The summed E-state index contributed by atoms with van der Waals surface area (Å²) in [4.78, 5) is 11.9. The van der Waals surface area contributed by atoms with Gasteiger partial charge in [-0.3, -0.25) is 0 Å². The van der Waals surface area contributed by atoms with Crippen LogP contribution < -0.4 is 5.32 Å². The lowest BCUT2D eigenvalue weighted by Crippen LogP contribution is -2.31. The van der Waals surface area contributed by atoms with E-state index in [0.29, 0.717) is 13.2 Å². The maximum absolute atomic E-state index is 11.9. The SMILES string of the molecule is CCCC(Nc1ccccc1COC)C(=O)OCC. The van der Waals surface area contributed by atoms with E-state index in [1.165, 1.54) is 0 Å². The van der Waals surface area contributed by atoms with Gasteiger partial charge >= 0.3 is 5.97 Å². The first-order chi connectivity index (χ1) is 9.22. The smallest absolute Gasteiger partial charge is 0.328 e. The first-order valence-electron chi connectivity index (χ1n) is 6.72. The van der Waals surface area contributed by atoms with Crippen molar-refractivity contribution in [1.29, 1.82) is 0 Å². The van der Waals surface area contributed by atoms with E-state index in [2.05, 4.69) is 12.2 Å². The molecule has 1 N–H and O–H groups in total. The first kappa shape index (κ1) is 15.5. The molecule has 1 aromatic carbocycles. The molecular weight excluding hydrogens is 242 g/mol. The van der Waals surface area contributed by atoms with Crippen LogP contribution in [0, 0.1) is 0 Å². The summed E-state index contributed by atoms with van der Waals surface area (Å²) >= 11 is 0. The number of nitrogens with one attached hydrogen (secondary N) is 1. The Kier molecular flexibility index (Phi) is 6.97. The van der Waals surface area contributed by atoms with Crippen LogP contribution in [0.5, 0.6) is 0 Å². The van der Waals surface area contributed by atoms with E-state index in [-0.39, 0.29) is 12.0 Å². The zero-order chi connectivity index (χ0) is 14.1. The summed E-state index contributed by atoms with van der Waals surface area (Å²) in [7, 11) is 1.66. The Balaban J connectivity index is 2.80. The molecule has 0 saturated carbocycles. The van der Waals surface area contributed by atoms with Gasteiger partial charge in [-0.05, 0) is 19.4 Å². The predicted octanol–water partition coefficient (Wildman–Crippen LogP) is 2.98. The third-order valence-corrected chi connectivity index (χ3v) is 2.80. The molecule has 4 nitrogen and oxygen atoms in total. The molecule has 1 unspecified atom stereocenters. The number of rotatable bonds is 8. The normalized spacial score (nSPS) is 11.9. The highest BCUT2D eigenvalue weighted by molar-refractivity contribution is 5.79. The Hall–Kier alpha value is -1.55. The van der Waals surface area contributed by atoms with Crippen molar-refractivity contribution in [1.82, 2.24) is 0 Å². The lowest BCUT2D eigenvalue weighted by atomic mass is 10.1. The van der Waals surface area contributed by atoms with Gasteiger partial charge in [-0.1, -0.05) is 31.5 Å². The molecular formula is C15H23NO3. The second-order valence-corrected chi connectivity index (χ2v) is 4.33. The minimum atomic E-state index is -0.303. The van der Waals surface area contributed by atoms with Crippen LogP contribution in [0.15, 0.2) is 24.3 Å². The van der Waals surface area contributed by atoms with Crippen molar-refractivity contribution in [2.75, 3.05) is 19.0 Å². The lowest BCUT2D eigenvalue weighted by Gasteiger charge is -2.19. The average molecular weight is 265 g/mol. The van der Waals surface area contributed by atoms with Gasteiger partial charge in [-0.15, -0.1) is 0 Å².